The van der Waals surface area contributed by atoms with Crippen molar-refractivity contribution < 1.29 is 9.59 Å². The highest BCUT2D eigenvalue weighted by Crippen LogP contribution is 2.64. The summed E-state index contributed by atoms with van der Waals surface area (Å²) in [5.74, 6) is 4.52. The highest BCUT2D eigenvalue weighted by atomic mass is 16.1. The first kappa shape index (κ1) is 15.6. The first-order valence-corrected chi connectivity index (χ1v) is 9.65. The normalized spacial score (nSPS) is 49.0. The zero-order valence-electron chi connectivity index (χ0n) is 14.8. The molecule has 4 aliphatic carbocycles. The Morgan fingerprint density at radius 2 is 1.96 bits per heavy atom. The molecule has 0 heterocycles. The number of fused-ring (bicyclic) bond motifs is 5. The van der Waals surface area contributed by atoms with Crippen LogP contribution in [0.3, 0.4) is 0 Å². The van der Waals surface area contributed by atoms with Crippen molar-refractivity contribution in [1.82, 2.24) is 0 Å². The smallest absolute Gasteiger partial charge is 0.155 e. The molecular weight excluding hydrogens is 284 g/mol. The van der Waals surface area contributed by atoms with Gasteiger partial charge in [-0.25, -0.2) is 0 Å². The monoisotopic (exact) mass is 314 g/mol. The molecule has 0 aliphatic heterocycles. The average Bonchev–Trinajstić information content (AvgIpc) is 2.83. The Morgan fingerprint density at radius 3 is 2.70 bits per heavy atom. The predicted molar refractivity (Wildman–Crippen MR) is 90.8 cm³/mol. The van der Waals surface area contributed by atoms with Crippen molar-refractivity contribution in [3.05, 3.63) is 11.6 Å². The summed E-state index contributed by atoms with van der Waals surface area (Å²) in [5, 5.41) is 0. The Balaban J connectivity index is 1.64. The summed E-state index contributed by atoms with van der Waals surface area (Å²) >= 11 is 0. The van der Waals surface area contributed by atoms with E-state index in [4.69, 9.17) is 0 Å². The van der Waals surface area contributed by atoms with E-state index in [0.29, 0.717) is 29.3 Å². The maximum absolute atomic E-state index is 12.1. The number of carbonyl (C=O) groups is 2. The van der Waals surface area contributed by atoms with Gasteiger partial charge in [0.15, 0.2) is 5.78 Å². The molecule has 2 heteroatoms. The molecule has 2 nitrogen and oxygen atoms in total. The van der Waals surface area contributed by atoms with Gasteiger partial charge in [0.25, 0.3) is 0 Å². The van der Waals surface area contributed by atoms with Gasteiger partial charge in [0.2, 0.25) is 0 Å². The van der Waals surface area contributed by atoms with Gasteiger partial charge in [-0.2, -0.15) is 0 Å². The third-order valence-electron chi connectivity index (χ3n) is 8.12. The Morgan fingerprint density at radius 1 is 1.17 bits per heavy atom. The molecule has 4 aliphatic rings. The number of ketones is 2. The fourth-order valence-corrected chi connectivity index (χ4v) is 7.29. The number of Topliss-reactive ketones (excluding diaryl/α,β-unsaturated/α-hetero) is 1. The van der Waals surface area contributed by atoms with Gasteiger partial charge in [-0.05, 0) is 86.5 Å². The fraction of sp³-hybridized carbons (Fsp3) is 0.810. The van der Waals surface area contributed by atoms with E-state index in [2.05, 4.69) is 13.8 Å². The van der Waals surface area contributed by atoms with Gasteiger partial charge in [-0.1, -0.05) is 19.4 Å². The average molecular weight is 314 g/mol. The van der Waals surface area contributed by atoms with Gasteiger partial charge in [0.05, 0.1) is 0 Å². The van der Waals surface area contributed by atoms with Crippen LogP contribution in [0.15, 0.2) is 11.6 Å². The predicted octanol–water partition coefficient (Wildman–Crippen LogP) is 4.58. The Bertz CT molecular complexity index is 574. The molecule has 0 aromatic heterocycles. The SMILES string of the molecule is CC(=O)[C@H]1CC[C@H]2[C@@H]3CCC4=CC(=O)CC(C)[C@@H]4[C@H]3CC[C@]12C. The lowest BCUT2D eigenvalue weighted by Crippen LogP contribution is -2.48. The van der Waals surface area contributed by atoms with E-state index in [1.807, 2.05) is 6.08 Å². The summed E-state index contributed by atoms with van der Waals surface area (Å²) in [6.07, 6.45) is 9.95. The van der Waals surface area contributed by atoms with Crippen molar-refractivity contribution in [2.45, 2.75) is 65.7 Å². The molecule has 0 aromatic rings. The second-order valence-electron chi connectivity index (χ2n) is 9.15. The van der Waals surface area contributed by atoms with Crippen molar-refractivity contribution in [3.63, 3.8) is 0 Å². The minimum absolute atomic E-state index is 0.252. The van der Waals surface area contributed by atoms with E-state index < -0.39 is 0 Å². The first-order chi connectivity index (χ1) is 10.9. The molecule has 0 N–H and O–H groups in total. The molecule has 4 rings (SSSR count). The molecule has 0 spiro atoms. The van der Waals surface area contributed by atoms with E-state index in [9.17, 15) is 9.59 Å². The molecule has 7 atom stereocenters. The molecule has 3 fully saturated rings. The van der Waals surface area contributed by atoms with Crippen molar-refractivity contribution in [3.8, 4) is 0 Å². The zero-order chi connectivity index (χ0) is 16.4. The quantitative estimate of drug-likeness (QED) is 0.710. The lowest BCUT2D eigenvalue weighted by molar-refractivity contribution is -0.127. The molecule has 3 saturated carbocycles. The van der Waals surface area contributed by atoms with Crippen molar-refractivity contribution in [2.75, 3.05) is 0 Å². The van der Waals surface area contributed by atoms with E-state index in [-0.39, 0.29) is 5.41 Å². The second kappa shape index (κ2) is 5.29. The van der Waals surface area contributed by atoms with Gasteiger partial charge in [0.1, 0.15) is 5.78 Å². The molecule has 0 bridgehead atoms. The van der Waals surface area contributed by atoms with Crippen LogP contribution in [-0.2, 0) is 9.59 Å². The summed E-state index contributed by atoms with van der Waals surface area (Å²) in [7, 11) is 0. The third-order valence-corrected chi connectivity index (χ3v) is 8.12. The highest BCUT2D eigenvalue weighted by Gasteiger charge is 2.57. The van der Waals surface area contributed by atoms with Crippen molar-refractivity contribution >= 4 is 11.6 Å². The van der Waals surface area contributed by atoms with Gasteiger partial charge >= 0.3 is 0 Å². The highest BCUT2D eigenvalue weighted by molar-refractivity contribution is 5.91. The summed E-state index contributed by atoms with van der Waals surface area (Å²) in [6, 6.07) is 0. The van der Waals surface area contributed by atoms with E-state index >= 15 is 0 Å². The topological polar surface area (TPSA) is 34.1 Å². The van der Waals surface area contributed by atoms with Crippen LogP contribution in [-0.4, -0.2) is 11.6 Å². The van der Waals surface area contributed by atoms with Crippen molar-refractivity contribution in [2.24, 2.45) is 40.9 Å². The molecule has 1 unspecified atom stereocenters. The fourth-order valence-electron chi connectivity index (χ4n) is 7.29. The Labute approximate surface area is 140 Å². The van der Waals surface area contributed by atoms with Crippen LogP contribution in [0.4, 0.5) is 0 Å². The van der Waals surface area contributed by atoms with E-state index in [0.717, 1.165) is 37.0 Å². The zero-order valence-corrected chi connectivity index (χ0v) is 14.8. The number of rotatable bonds is 1. The number of hydrogen-bond acceptors (Lipinski definition) is 2. The Hall–Kier alpha value is -0.920. The van der Waals surface area contributed by atoms with Crippen LogP contribution in [0.25, 0.3) is 0 Å². The summed E-state index contributed by atoms with van der Waals surface area (Å²) < 4.78 is 0. The minimum atomic E-state index is 0.252. The molecular formula is C21H30O2. The Kier molecular flexibility index (Phi) is 3.59. The van der Waals surface area contributed by atoms with Crippen LogP contribution in [0.5, 0.6) is 0 Å². The first-order valence-electron chi connectivity index (χ1n) is 9.65. The largest absolute Gasteiger partial charge is 0.300 e. The molecule has 126 valence electrons. The van der Waals surface area contributed by atoms with Crippen molar-refractivity contribution in [1.29, 1.82) is 0 Å². The van der Waals surface area contributed by atoms with E-state index in [1.54, 1.807) is 6.92 Å². The van der Waals surface area contributed by atoms with Crippen LogP contribution >= 0.6 is 0 Å². The maximum atomic E-state index is 12.1. The second-order valence-corrected chi connectivity index (χ2v) is 9.15. The van der Waals surface area contributed by atoms with Crippen LogP contribution in [0.1, 0.15) is 65.7 Å². The number of hydrogen-bond donors (Lipinski definition) is 0. The maximum Gasteiger partial charge on any atom is 0.155 e. The standard InChI is InChI=1S/C21H30O2/c1-12-10-15(23)11-14-4-5-16-17(20(12)14)8-9-21(3)18(13(2)22)6-7-19(16)21/h11-12,16-20H,4-10H2,1-3H3/t12?,16-,17+,18-,19+,20+,21-/m1/s1. The minimum Gasteiger partial charge on any atom is -0.300 e. The third kappa shape index (κ3) is 2.20. The lowest BCUT2D eigenvalue weighted by atomic mass is 9.50. The number of allylic oxidation sites excluding steroid dienone is 1. The van der Waals surface area contributed by atoms with Gasteiger partial charge < -0.3 is 0 Å². The van der Waals surface area contributed by atoms with E-state index in [1.165, 1.54) is 31.3 Å². The van der Waals surface area contributed by atoms with Gasteiger partial charge in [0, 0.05) is 12.3 Å². The molecule has 0 aromatic carbocycles. The molecule has 0 amide bonds. The van der Waals surface area contributed by atoms with Crippen LogP contribution in [0.2, 0.25) is 0 Å². The molecule has 23 heavy (non-hydrogen) atoms. The van der Waals surface area contributed by atoms with Crippen LogP contribution < -0.4 is 0 Å². The molecule has 0 saturated heterocycles. The van der Waals surface area contributed by atoms with Gasteiger partial charge in [-0.15, -0.1) is 0 Å². The van der Waals surface area contributed by atoms with Gasteiger partial charge in [-0.3, -0.25) is 9.59 Å². The summed E-state index contributed by atoms with van der Waals surface area (Å²) in [6.45, 7) is 6.51. The summed E-state index contributed by atoms with van der Waals surface area (Å²) in [4.78, 5) is 24.1. The molecule has 0 radical (unpaired) electrons. The lowest BCUT2D eigenvalue weighted by Gasteiger charge is -2.55. The summed E-state index contributed by atoms with van der Waals surface area (Å²) in [5.41, 5.74) is 1.71. The van der Waals surface area contributed by atoms with Crippen LogP contribution in [0, 0.1) is 40.9 Å². The number of carbonyl (C=O) groups excluding carboxylic acids is 2.